The Labute approximate surface area is 134 Å². The molecule has 0 saturated carbocycles. The quantitative estimate of drug-likeness (QED) is 0.717. The van der Waals surface area contributed by atoms with Gasteiger partial charge in [0.15, 0.2) is 0 Å². The predicted molar refractivity (Wildman–Crippen MR) is 85.6 cm³/mol. The van der Waals surface area contributed by atoms with Gasteiger partial charge in [-0.15, -0.1) is 0 Å². The molecular weight excluding hydrogens is 296 g/mol. The zero-order chi connectivity index (χ0) is 16.8. The van der Waals surface area contributed by atoms with E-state index in [1.54, 1.807) is 12.1 Å². The van der Waals surface area contributed by atoms with E-state index in [0.717, 1.165) is 12.0 Å². The smallest absolute Gasteiger partial charge is 0.303 e. The number of carboxylic acids is 1. The van der Waals surface area contributed by atoms with Gasteiger partial charge in [0, 0.05) is 29.8 Å². The van der Waals surface area contributed by atoms with Crippen molar-refractivity contribution in [3.63, 3.8) is 0 Å². The molecular formula is C17H20N2O4. The van der Waals surface area contributed by atoms with Crippen LogP contribution in [0.1, 0.15) is 41.6 Å². The fraction of sp³-hybridized carbons (Fsp3) is 0.353. The van der Waals surface area contributed by atoms with Gasteiger partial charge in [0.1, 0.15) is 6.54 Å². The Bertz CT molecular complexity index is 604. The lowest BCUT2D eigenvalue weighted by Gasteiger charge is -2.16. The predicted octanol–water partition coefficient (Wildman–Crippen LogP) is 1.87. The molecule has 2 amide bonds. The second-order valence-electron chi connectivity index (χ2n) is 5.44. The Hall–Kier alpha value is -2.63. The molecule has 6 heteroatoms. The number of fused-ring (bicyclic) bond motifs is 1. The average molecular weight is 316 g/mol. The van der Waals surface area contributed by atoms with E-state index >= 15 is 0 Å². The Morgan fingerprint density at radius 1 is 1.13 bits per heavy atom. The number of unbranched alkanes of at least 4 members (excludes halogenated alkanes) is 2. The van der Waals surface area contributed by atoms with E-state index in [0.29, 0.717) is 30.6 Å². The highest BCUT2D eigenvalue weighted by atomic mass is 16.4. The van der Waals surface area contributed by atoms with E-state index in [1.165, 1.54) is 4.90 Å². The summed E-state index contributed by atoms with van der Waals surface area (Å²) in [4.78, 5) is 35.9. The number of amides is 2. The van der Waals surface area contributed by atoms with Crippen LogP contribution in [0.15, 0.2) is 30.8 Å². The second kappa shape index (κ2) is 7.58. The maximum Gasteiger partial charge on any atom is 0.303 e. The molecule has 2 rings (SSSR count). The topological polar surface area (TPSA) is 86.7 Å². The third-order valence-corrected chi connectivity index (χ3v) is 3.73. The molecule has 0 aliphatic carbocycles. The fourth-order valence-electron chi connectivity index (χ4n) is 2.51. The third-order valence-electron chi connectivity index (χ3n) is 3.73. The van der Waals surface area contributed by atoms with Gasteiger partial charge in [-0.3, -0.25) is 19.3 Å². The lowest BCUT2D eigenvalue weighted by molar-refractivity contribution is -0.137. The average Bonchev–Trinajstić information content (AvgIpc) is 2.76. The Morgan fingerprint density at radius 3 is 2.48 bits per heavy atom. The van der Waals surface area contributed by atoms with Crippen LogP contribution in [-0.2, 0) is 9.59 Å². The zero-order valence-corrected chi connectivity index (χ0v) is 12.9. The molecule has 1 aliphatic rings. The highest BCUT2D eigenvalue weighted by Crippen LogP contribution is 2.30. The molecule has 0 aromatic heterocycles. The summed E-state index contributed by atoms with van der Waals surface area (Å²) in [6.45, 7) is 4.31. The molecule has 0 radical (unpaired) electrons. The van der Waals surface area contributed by atoms with Gasteiger partial charge in [0.2, 0.25) is 5.91 Å². The monoisotopic (exact) mass is 316 g/mol. The normalized spacial score (nSPS) is 13.1. The van der Waals surface area contributed by atoms with Crippen LogP contribution in [0.25, 0.3) is 5.70 Å². The first-order chi connectivity index (χ1) is 11.0. The number of benzene rings is 1. The molecule has 0 saturated heterocycles. The van der Waals surface area contributed by atoms with Crippen LogP contribution in [-0.4, -0.2) is 40.9 Å². The molecule has 1 heterocycles. The number of carbonyl (C=O) groups excluding carboxylic acids is 2. The van der Waals surface area contributed by atoms with Crippen molar-refractivity contribution in [3.05, 3.63) is 42.0 Å². The number of rotatable bonds is 8. The van der Waals surface area contributed by atoms with E-state index in [2.05, 4.69) is 11.9 Å². The Balaban J connectivity index is 1.75. The maximum atomic E-state index is 12.3. The van der Waals surface area contributed by atoms with Crippen LogP contribution in [0.4, 0.5) is 0 Å². The largest absolute Gasteiger partial charge is 0.481 e. The summed E-state index contributed by atoms with van der Waals surface area (Å²) in [5.41, 5.74) is 1.88. The molecule has 6 nitrogen and oxygen atoms in total. The van der Waals surface area contributed by atoms with Gasteiger partial charge in [-0.1, -0.05) is 31.2 Å². The number of hydrogen-bond donors (Lipinski definition) is 2. The van der Waals surface area contributed by atoms with Gasteiger partial charge in [-0.25, -0.2) is 0 Å². The number of aliphatic carboxylic acids is 1. The Kier molecular flexibility index (Phi) is 5.51. The van der Waals surface area contributed by atoms with Crippen molar-refractivity contribution in [2.45, 2.75) is 25.7 Å². The van der Waals surface area contributed by atoms with Gasteiger partial charge in [-0.2, -0.15) is 0 Å². The van der Waals surface area contributed by atoms with E-state index in [1.807, 2.05) is 12.1 Å². The number of carboxylic acid groups (broad SMARTS) is 1. The third kappa shape index (κ3) is 4.18. The lowest BCUT2D eigenvalue weighted by atomic mass is 10.1. The van der Waals surface area contributed by atoms with Gasteiger partial charge >= 0.3 is 5.97 Å². The van der Waals surface area contributed by atoms with Crippen molar-refractivity contribution in [3.8, 4) is 0 Å². The standard InChI is InChI=1S/C17H20N2O4/c1-12-13-7-4-5-8-14(13)17(23)19(12)11-15(20)18-10-6-2-3-9-16(21)22/h4-5,7-8H,1-3,6,9-11H2,(H,18,20)(H,21,22). The van der Waals surface area contributed by atoms with Crippen LogP contribution in [0.3, 0.4) is 0 Å². The summed E-state index contributed by atoms with van der Waals surface area (Å²) in [5, 5.41) is 11.3. The molecule has 0 atom stereocenters. The van der Waals surface area contributed by atoms with Crippen molar-refractivity contribution in [2.75, 3.05) is 13.1 Å². The minimum atomic E-state index is -0.806. The van der Waals surface area contributed by atoms with Crippen LogP contribution in [0, 0.1) is 0 Å². The maximum absolute atomic E-state index is 12.3. The molecule has 0 bridgehead atoms. The van der Waals surface area contributed by atoms with Crippen LogP contribution in [0.2, 0.25) is 0 Å². The van der Waals surface area contributed by atoms with Crippen LogP contribution >= 0.6 is 0 Å². The highest BCUT2D eigenvalue weighted by Gasteiger charge is 2.31. The van der Waals surface area contributed by atoms with Gasteiger partial charge < -0.3 is 10.4 Å². The molecule has 1 aromatic carbocycles. The van der Waals surface area contributed by atoms with Crippen molar-refractivity contribution in [1.82, 2.24) is 10.2 Å². The van der Waals surface area contributed by atoms with E-state index in [-0.39, 0.29) is 24.8 Å². The lowest BCUT2D eigenvalue weighted by Crippen LogP contribution is -2.37. The molecule has 2 N–H and O–H groups in total. The summed E-state index contributed by atoms with van der Waals surface area (Å²) >= 11 is 0. The summed E-state index contributed by atoms with van der Waals surface area (Å²) in [6.07, 6.45) is 2.21. The van der Waals surface area contributed by atoms with E-state index < -0.39 is 5.97 Å². The van der Waals surface area contributed by atoms with Gasteiger partial charge in [-0.05, 0) is 18.9 Å². The molecule has 1 aliphatic heterocycles. The fourth-order valence-corrected chi connectivity index (χ4v) is 2.51. The van der Waals surface area contributed by atoms with Gasteiger partial charge in [0.25, 0.3) is 5.91 Å². The first-order valence-electron chi connectivity index (χ1n) is 7.59. The first kappa shape index (κ1) is 16.7. The highest BCUT2D eigenvalue weighted by molar-refractivity contribution is 6.10. The summed E-state index contributed by atoms with van der Waals surface area (Å²) in [7, 11) is 0. The summed E-state index contributed by atoms with van der Waals surface area (Å²) in [6, 6.07) is 7.15. The number of hydrogen-bond acceptors (Lipinski definition) is 3. The van der Waals surface area contributed by atoms with E-state index in [9.17, 15) is 14.4 Å². The van der Waals surface area contributed by atoms with Crippen molar-refractivity contribution < 1.29 is 19.5 Å². The van der Waals surface area contributed by atoms with Crippen LogP contribution in [0.5, 0.6) is 0 Å². The summed E-state index contributed by atoms with van der Waals surface area (Å²) < 4.78 is 0. The Morgan fingerprint density at radius 2 is 1.83 bits per heavy atom. The molecule has 122 valence electrons. The second-order valence-corrected chi connectivity index (χ2v) is 5.44. The zero-order valence-electron chi connectivity index (χ0n) is 12.9. The molecule has 0 unspecified atom stereocenters. The van der Waals surface area contributed by atoms with Crippen molar-refractivity contribution in [2.24, 2.45) is 0 Å². The SMILES string of the molecule is C=C1c2ccccc2C(=O)N1CC(=O)NCCCCCC(=O)O. The van der Waals surface area contributed by atoms with Crippen molar-refractivity contribution >= 4 is 23.5 Å². The minimum Gasteiger partial charge on any atom is -0.481 e. The molecule has 23 heavy (non-hydrogen) atoms. The molecule has 0 fully saturated rings. The van der Waals surface area contributed by atoms with Gasteiger partial charge in [0.05, 0.1) is 0 Å². The van der Waals surface area contributed by atoms with Crippen molar-refractivity contribution in [1.29, 1.82) is 0 Å². The summed E-state index contributed by atoms with van der Waals surface area (Å²) in [5.74, 6) is -1.26. The number of nitrogens with zero attached hydrogens (tertiary/aromatic N) is 1. The molecule has 1 aromatic rings. The van der Waals surface area contributed by atoms with E-state index in [4.69, 9.17) is 5.11 Å². The van der Waals surface area contributed by atoms with Crippen LogP contribution < -0.4 is 5.32 Å². The number of nitrogens with one attached hydrogen (secondary N) is 1. The number of carbonyl (C=O) groups is 3. The first-order valence-corrected chi connectivity index (χ1v) is 7.59. The molecule has 0 spiro atoms. The minimum absolute atomic E-state index is 0.0541.